The van der Waals surface area contributed by atoms with E-state index in [0.29, 0.717) is 21.4 Å². The van der Waals surface area contributed by atoms with Gasteiger partial charge in [0.25, 0.3) is 0 Å². The van der Waals surface area contributed by atoms with Crippen molar-refractivity contribution >= 4 is 34.8 Å². The Bertz CT molecular complexity index is 768. The maximum absolute atomic E-state index is 11.6. The first-order chi connectivity index (χ1) is 10.8. The van der Waals surface area contributed by atoms with Crippen molar-refractivity contribution in [3.8, 4) is 5.75 Å². The Balaban J connectivity index is 2.16. The van der Waals surface area contributed by atoms with Crippen molar-refractivity contribution in [2.45, 2.75) is 17.2 Å². The minimum absolute atomic E-state index is 0.175. The minimum Gasteiger partial charge on any atom is -0.476 e. The molecule has 3 atom stereocenters. The van der Waals surface area contributed by atoms with Crippen LogP contribution in [-0.4, -0.2) is 15.0 Å². The molecule has 5 nitrogen and oxygen atoms in total. The Morgan fingerprint density at radius 2 is 1.74 bits per heavy atom. The maximum atomic E-state index is 11.6. The first kappa shape index (κ1) is 16.3. The Morgan fingerprint density at radius 1 is 1.13 bits per heavy atom. The second kappa shape index (κ2) is 5.83. The van der Waals surface area contributed by atoms with Gasteiger partial charge in [-0.15, -0.1) is 0 Å². The van der Waals surface area contributed by atoms with E-state index < -0.39 is 22.1 Å². The highest BCUT2D eigenvalue weighted by Gasteiger charge is 2.61. The lowest BCUT2D eigenvalue weighted by Gasteiger charge is -2.37. The highest BCUT2D eigenvalue weighted by molar-refractivity contribution is 6.31. The van der Waals surface area contributed by atoms with Gasteiger partial charge in [-0.3, -0.25) is 10.1 Å². The van der Waals surface area contributed by atoms with Crippen LogP contribution in [0, 0.1) is 10.1 Å². The molecule has 0 aliphatic carbocycles. The number of nitro groups is 1. The summed E-state index contributed by atoms with van der Waals surface area (Å²) in [5.74, 6) is 0.292. The topological polar surface area (TPSA) is 72.6 Å². The number of benzene rings is 2. The second-order valence-electron chi connectivity index (χ2n) is 5.12. The normalized spacial score (nSPS) is 26.3. The minimum atomic E-state index is -2.29. The quantitative estimate of drug-likeness (QED) is 0.366. The van der Waals surface area contributed by atoms with Gasteiger partial charge in [0.15, 0.2) is 6.10 Å². The summed E-state index contributed by atoms with van der Waals surface area (Å²) in [7, 11) is 0. The summed E-state index contributed by atoms with van der Waals surface area (Å²) < 4.78 is 5.72. The number of halogens is 3. The predicted octanol–water partition coefficient (Wildman–Crippen LogP) is 4.37. The molecule has 8 heteroatoms. The van der Waals surface area contributed by atoms with E-state index in [4.69, 9.17) is 39.5 Å². The molecular weight excluding hydrogens is 365 g/mol. The van der Waals surface area contributed by atoms with Crippen molar-refractivity contribution in [2.75, 3.05) is 0 Å². The van der Waals surface area contributed by atoms with Crippen LogP contribution in [0.4, 0.5) is 0 Å². The van der Waals surface area contributed by atoms with E-state index >= 15 is 0 Å². The van der Waals surface area contributed by atoms with Crippen molar-refractivity contribution in [3.05, 3.63) is 73.8 Å². The molecule has 3 rings (SSSR count). The molecule has 0 bridgehead atoms. The van der Waals surface area contributed by atoms with Gasteiger partial charge in [-0.2, -0.15) is 0 Å². The number of hydrogen-bond donors (Lipinski definition) is 1. The van der Waals surface area contributed by atoms with Crippen LogP contribution in [0.2, 0.25) is 10.0 Å². The van der Waals surface area contributed by atoms with E-state index in [2.05, 4.69) is 0 Å². The van der Waals surface area contributed by atoms with Crippen molar-refractivity contribution in [1.29, 1.82) is 0 Å². The van der Waals surface area contributed by atoms with Gasteiger partial charge in [-0.05, 0) is 41.9 Å². The fourth-order valence-electron chi connectivity index (χ4n) is 2.55. The number of alkyl halides is 1. The lowest BCUT2D eigenvalue weighted by Crippen LogP contribution is -2.49. The van der Waals surface area contributed by atoms with E-state index in [1.165, 1.54) is 6.07 Å². The Hall–Kier alpha value is -1.53. The van der Waals surface area contributed by atoms with Crippen LogP contribution in [0.15, 0.2) is 42.5 Å². The lowest BCUT2D eigenvalue weighted by atomic mass is 9.90. The molecule has 2 aromatic carbocycles. The molecule has 1 aliphatic heterocycles. The smallest absolute Gasteiger partial charge is 0.364 e. The Kier molecular flexibility index (Phi) is 4.14. The molecule has 0 saturated heterocycles. The van der Waals surface area contributed by atoms with Gasteiger partial charge in [-0.1, -0.05) is 35.3 Å². The summed E-state index contributed by atoms with van der Waals surface area (Å²) in [5.41, 5.74) is 0.607. The number of hydrogen-bond acceptors (Lipinski definition) is 4. The summed E-state index contributed by atoms with van der Waals surface area (Å²) >= 11 is 18.0. The van der Waals surface area contributed by atoms with Gasteiger partial charge < -0.3 is 9.84 Å². The number of aliphatic hydroxyl groups excluding tert-OH is 1. The fourth-order valence-corrected chi connectivity index (χ4v) is 3.14. The SMILES string of the molecule is O=[N+]([O-])C1(Cl)C(O)c2cc(Cl)ccc2OC1c1ccc(Cl)cc1. The number of rotatable bonds is 2. The first-order valence-electron chi connectivity index (χ1n) is 6.57. The highest BCUT2D eigenvalue weighted by atomic mass is 35.5. The molecule has 120 valence electrons. The zero-order chi connectivity index (χ0) is 16.8. The molecule has 1 N–H and O–H groups in total. The van der Waals surface area contributed by atoms with Crippen molar-refractivity contribution in [2.24, 2.45) is 0 Å². The average molecular weight is 375 g/mol. The molecule has 2 aromatic rings. The molecular formula is C15H10Cl3NO4. The molecule has 0 aromatic heterocycles. The summed E-state index contributed by atoms with van der Waals surface area (Å²) in [5, 5.41) is 22.9. The highest BCUT2D eigenvalue weighted by Crippen LogP contribution is 2.51. The molecule has 23 heavy (non-hydrogen) atoms. The Labute approximate surface area is 146 Å². The van der Waals surface area contributed by atoms with Crippen molar-refractivity contribution < 1.29 is 14.8 Å². The van der Waals surface area contributed by atoms with Crippen molar-refractivity contribution in [3.63, 3.8) is 0 Å². The maximum Gasteiger partial charge on any atom is 0.364 e. The van der Waals surface area contributed by atoms with Gasteiger partial charge in [-0.25, -0.2) is 0 Å². The third-order valence-corrected chi connectivity index (χ3v) is 4.75. The van der Waals surface area contributed by atoms with Gasteiger partial charge in [0.05, 0.1) is 4.92 Å². The van der Waals surface area contributed by atoms with Gasteiger partial charge in [0.1, 0.15) is 5.75 Å². The predicted molar refractivity (Wildman–Crippen MR) is 86.8 cm³/mol. The summed E-state index contributed by atoms with van der Waals surface area (Å²) in [4.78, 5) is 8.57. The second-order valence-corrected chi connectivity index (χ2v) is 6.60. The van der Waals surface area contributed by atoms with Crippen LogP contribution < -0.4 is 4.74 Å². The Morgan fingerprint density at radius 3 is 2.35 bits per heavy atom. The van der Waals surface area contributed by atoms with Gasteiger partial charge >= 0.3 is 5.00 Å². The number of aliphatic hydroxyl groups is 1. The van der Waals surface area contributed by atoms with Crippen LogP contribution in [-0.2, 0) is 0 Å². The van der Waals surface area contributed by atoms with E-state index in [1.807, 2.05) is 0 Å². The zero-order valence-electron chi connectivity index (χ0n) is 11.4. The standard InChI is InChI=1S/C15H10Cl3NO4/c16-9-3-1-8(2-4-9)14-15(18,19(21)22)13(20)11-7-10(17)5-6-12(11)23-14/h1-7,13-14,20H. The summed E-state index contributed by atoms with van der Waals surface area (Å²) in [6.07, 6.45) is -2.79. The molecule has 0 radical (unpaired) electrons. The molecule has 0 fully saturated rings. The number of fused-ring (bicyclic) bond motifs is 1. The molecule has 0 spiro atoms. The van der Waals surface area contributed by atoms with E-state index in [0.717, 1.165) is 0 Å². The molecule has 1 heterocycles. The third-order valence-electron chi connectivity index (χ3n) is 3.72. The van der Waals surface area contributed by atoms with Crippen LogP contribution in [0.25, 0.3) is 0 Å². The lowest BCUT2D eigenvalue weighted by molar-refractivity contribution is -0.570. The van der Waals surface area contributed by atoms with E-state index in [-0.39, 0.29) is 5.56 Å². The van der Waals surface area contributed by atoms with Crippen LogP contribution in [0.1, 0.15) is 23.3 Å². The summed E-state index contributed by atoms with van der Waals surface area (Å²) in [6, 6.07) is 10.8. The van der Waals surface area contributed by atoms with Gasteiger partial charge in [0, 0.05) is 21.2 Å². The molecule has 0 saturated carbocycles. The number of nitrogens with zero attached hydrogens (tertiary/aromatic N) is 1. The summed E-state index contributed by atoms with van der Waals surface area (Å²) in [6.45, 7) is 0. The first-order valence-corrected chi connectivity index (χ1v) is 7.70. The zero-order valence-corrected chi connectivity index (χ0v) is 13.7. The molecule has 1 aliphatic rings. The van der Waals surface area contributed by atoms with Crippen LogP contribution in [0.3, 0.4) is 0 Å². The molecule has 0 amide bonds. The number of ether oxygens (including phenoxy) is 1. The van der Waals surface area contributed by atoms with E-state index in [1.54, 1.807) is 36.4 Å². The monoisotopic (exact) mass is 373 g/mol. The van der Waals surface area contributed by atoms with Crippen LogP contribution >= 0.6 is 34.8 Å². The molecule has 3 unspecified atom stereocenters. The van der Waals surface area contributed by atoms with E-state index in [9.17, 15) is 15.2 Å². The fraction of sp³-hybridized carbons (Fsp3) is 0.200. The van der Waals surface area contributed by atoms with Crippen molar-refractivity contribution in [1.82, 2.24) is 0 Å². The van der Waals surface area contributed by atoms with Gasteiger partial charge in [0.2, 0.25) is 6.10 Å². The third kappa shape index (κ3) is 2.64. The van der Waals surface area contributed by atoms with Crippen LogP contribution in [0.5, 0.6) is 5.75 Å². The average Bonchev–Trinajstić information content (AvgIpc) is 2.52. The largest absolute Gasteiger partial charge is 0.476 e.